The predicted molar refractivity (Wildman–Crippen MR) is 135 cm³/mol. The largest absolute Gasteiger partial charge is 0.465 e. The van der Waals surface area contributed by atoms with Crippen molar-refractivity contribution in [3.05, 3.63) is 84.2 Å². The summed E-state index contributed by atoms with van der Waals surface area (Å²) >= 11 is 0. The van der Waals surface area contributed by atoms with Crippen molar-refractivity contribution in [1.29, 1.82) is 0 Å². The fourth-order valence-electron chi connectivity index (χ4n) is 4.33. The lowest BCUT2D eigenvalue weighted by Crippen LogP contribution is -2.44. The van der Waals surface area contributed by atoms with E-state index in [1.807, 2.05) is 38.4 Å². The van der Waals surface area contributed by atoms with E-state index < -0.39 is 12.0 Å². The fraction of sp³-hybridized carbons (Fsp3) is 0.296. The minimum absolute atomic E-state index is 0.173. The predicted octanol–water partition coefficient (Wildman–Crippen LogP) is 4.76. The molecule has 2 amide bonds. The quantitative estimate of drug-likeness (QED) is 0.558. The van der Waals surface area contributed by atoms with Gasteiger partial charge >= 0.3 is 6.09 Å². The third kappa shape index (κ3) is 5.49. The van der Waals surface area contributed by atoms with Crippen LogP contribution in [0.15, 0.2) is 77.9 Å². The third-order valence-corrected chi connectivity index (χ3v) is 6.17. The number of carbonyl (C=O) groups is 2. The van der Waals surface area contributed by atoms with Crippen LogP contribution < -0.4 is 9.91 Å². The maximum atomic E-state index is 13.5. The van der Waals surface area contributed by atoms with E-state index in [1.54, 1.807) is 36.4 Å². The molecule has 0 bridgehead atoms. The molecule has 0 radical (unpaired) electrons. The van der Waals surface area contributed by atoms with Gasteiger partial charge in [0.15, 0.2) is 0 Å². The molecule has 0 spiro atoms. The molecule has 0 aromatic heterocycles. The van der Waals surface area contributed by atoms with Gasteiger partial charge in [-0.15, -0.1) is 0 Å². The number of hydrazone groups is 1. The Morgan fingerprint density at radius 2 is 1.60 bits per heavy atom. The number of hydrogen-bond donors (Lipinski definition) is 1. The summed E-state index contributed by atoms with van der Waals surface area (Å²) in [7, 11) is 3.97. The molecule has 1 heterocycles. The smallest absolute Gasteiger partial charge is 0.411 e. The van der Waals surface area contributed by atoms with Gasteiger partial charge in [0, 0.05) is 18.2 Å². The Kier molecular flexibility index (Phi) is 7.41. The molecule has 7 nitrogen and oxygen atoms in total. The molecule has 2 atom stereocenters. The fourth-order valence-corrected chi connectivity index (χ4v) is 4.33. The van der Waals surface area contributed by atoms with Crippen molar-refractivity contribution >= 4 is 29.1 Å². The highest BCUT2D eigenvalue weighted by atomic mass is 19.1. The zero-order chi connectivity index (χ0) is 24.9. The number of carboxylic acid groups (broad SMARTS) is 1. The molecule has 4 rings (SSSR count). The van der Waals surface area contributed by atoms with Gasteiger partial charge in [-0.3, -0.25) is 9.69 Å². The number of carbonyl (C=O) groups excluding carboxylic acids is 1. The summed E-state index contributed by atoms with van der Waals surface area (Å²) in [5.74, 6) is -1.18. The van der Waals surface area contributed by atoms with Gasteiger partial charge in [0.1, 0.15) is 5.82 Å². The highest BCUT2D eigenvalue weighted by Crippen LogP contribution is 2.34. The van der Waals surface area contributed by atoms with Gasteiger partial charge < -0.3 is 10.0 Å². The van der Waals surface area contributed by atoms with Crippen LogP contribution >= 0.6 is 0 Å². The minimum Gasteiger partial charge on any atom is -0.465 e. The Hall–Kier alpha value is -3.78. The Labute approximate surface area is 204 Å². The van der Waals surface area contributed by atoms with Crippen LogP contribution in [0.2, 0.25) is 0 Å². The first kappa shape index (κ1) is 24.3. The highest BCUT2D eigenvalue weighted by molar-refractivity contribution is 6.12. The zero-order valence-electron chi connectivity index (χ0n) is 19.8. The average molecular weight is 477 g/mol. The van der Waals surface area contributed by atoms with Gasteiger partial charge in [-0.25, -0.2) is 9.18 Å². The van der Waals surface area contributed by atoms with E-state index in [0.29, 0.717) is 23.6 Å². The molecule has 1 N–H and O–H groups in total. The molecular formula is C27H29FN4O3. The summed E-state index contributed by atoms with van der Waals surface area (Å²) in [6.45, 7) is 1.28. The molecule has 1 aliphatic heterocycles. The Morgan fingerprint density at radius 1 is 0.971 bits per heavy atom. The van der Waals surface area contributed by atoms with E-state index in [1.165, 1.54) is 22.0 Å². The standard InChI is InChI=1S/C27H29FN4O3/c1-30(2)17-5-6-18-31(27(34)35)21-13-15-22(16-14-21)32-26(33)24-8-4-3-7-23(24)25(29-32)19-9-11-20(28)12-10-19/h3-4,7-16,23-24H,5-6,17-18H2,1-2H3,(H,34,35). The van der Waals surface area contributed by atoms with Crippen LogP contribution in [0.3, 0.4) is 0 Å². The van der Waals surface area contributed by atoms with Gasteiger partial charge in [0.2, 0.25) is 0 Å². The molecule has 0 saturated carbocycles. The second-order valence-corrected chi connectivity index (χ2v) is 8.92. The summed E-state index contributed by atoms with van der Waals surface area (Å²) in [5, 5.41) is 15.7. The SMILES string of the molecule is CN(C)CCCCN(C(=O)O)c1ccc(N2N=C(c3ccc(F)cc3)C3C=CC=CC3C2=O)cc1. The van der Waals surface area contributed by atoms with E-state index in [0.717, 1.165) is 24.9 Å². The highest BCUT2D eigenvalue weighted by Gasteiger charge is 2.38. The second kappa shape index (κ2) is 10.7. The Balaban J connectivity index is 1.60. The maximum absolute atomic E-state index is 13.5. The molecule has 0 fully saturated rings. The zero-order valence-corrected chi connectivity index (χ0v) is 19.8. The number of halogens is 1. The summed E-state index contributed by atoms with van der Waals surface area (Å²) in [5.41, 5.74) is 2.49. The van der Waals surface area contributed by atoms with Crippen molar-refractivity contribution in [2.45, 2.75) is 12.8 Å². The van der Waals surface area contributed by atoms with E-state index in [2.05, 4.69) is 10.0 Å². The molecule has 2 aromatic carbocycles. The van der Waals surface area contributed by atoms with Crippen molar-refractivity contribution in [2.75, 3.05) is 37.1 Å². The molecular weight excluding hydrogens is 447 g/mol. The Morgan fingerprint density at radius 3 is 2.23 bits per heavy atom. The third-order valence-electron chi connectivity index (χ3n) is 6.17. The molecule has 2 aliphatic rings. The average Bonchev–Trinajstić information content (AvgIpc) is 2.85. The monoisotopic (exact) mass is 476 g/mol. The normalized spacial score (nSPS) is 19.0. The summed E-state index contributed by atoms with van der Waals surface area (Å²) in [6, 6.07) is 12.9. The minimum atomic E-state index is -1.02. The molecule has 2 unspecified atom stereocenters. The van der Waals surface area contributed by atoms with Crippen LogP contribution in [0.25, 0.3) is 0 Å². The number of amides is 2. The van der Waals surface area contributed by atoms with Gasteiger partial charge in [-0.1, -0.05) is 36.4 Å². The lowest BCUT2D eigenvalue weighted by atomic mass is 9.80. The van der Waals surface area contributed by atoms with Crippen molar-refractivity contribution < 1.29 is 19.1 Å². The van der Waals surface area contributed by atoms with Crippen LogP contribution in [-0.4, -0.2) is 54.9 Å². The lowest BCUT2D eigenvalue weighted by Gasteiger charge is -2.34. The number of nitrogens with zero attached hydrogens (tertiary/aromatic N) is 4. The summed E-state index contributed by atoms with van der Waals surface area (Å²) in [6.07, 6.45) is 8.13. The van der Waals surface area contributed by atoms with Crippen LogP contribution in [-0.2, 0) is 4.79 Å². The number of unbranched alkanes of at least 4 members (excludes halogenated alkanes) is 1. The van der Waals surface area contributed by atoms with Gasteiger partial charge in [0.05, 0.1) is 17.3 Å². The van der Waals surface area contributed by atoms with Crippen molar-refractivity contribution in [1.82, 2.24) is 4.90 Å². The number of fused-ring (bicyclic) bond motifs is 1. The van der Waals surface area contributed by atoms with Crippen LogP contribution in [0, 0.1) is 17.7 Å². The van der Waals surface area contributed by atoms with Gasteiger partial charge in [-0.2, -0.15) is 10.1 Å². The van der Waals surface area contributed by atoms with Crippen LogP contribution in [0.1, 0.15) is 18.4 Å². The first-order valence-electron chi connectivity index (χ1n) is 11.6. The first-order chi connectivity index (χ1) is 16.8. The molecule has 35 heavy (non-hydrogen) atoms. The molecule has 1 aliphatic carbocycles. The van der Waals surface area contributed by atoms with E-state index >= 15 is 0 Å². The number of benzene rings is 2. The van der Waals surface area contributed by atoms with Crippen molar-refractivity contribution in [3.63, 3.8) is 0 Å². The van der Waals surface area contributed by atoms with Crippen LogP contribution in [0.5, 0.6) is 0 Å². The molecule has 182 valence electrons. The lowest BCUT2D eigenvalue weighted by molar-refractivity contribution is -0.121. The van der Waals surface area contributed by atoms with Gasteiger partial charge in [-0.05, 0) is 75.4 Å². The summed E-state index contributed by atoms with van der Waals surface area (Å²) < 4.78 is 13.5. The molecule has 2 aromatic rings. The number of anilines is 2. The number of rotatable bonds is 8. The topological polar surface area (TPSA) is 76.5 Å². The van der Waals surface area contributed by atoms with E-state index in [4.69, 9.17) is 0 Å². The molecule has 8 heteroatoms. The maximum Gasteiger partial charge on any atom is 0.411 e. The van der Waals surface area contributed by atoms with Crippen molar-refractivity contribution in [3.8, 4) is 0 Å². The number of hydrogen-bond acceptors (Lipinski definition) is 4. The molecule has 0 saturated heterocycles. The van der Waals surface area contributed by atoms with Crippen molar-refractivity contribution in [2.24, 2.45) is 16.9 Å². The second-order valence-electron chi connectivity index (χ2n) is 8.92. The van der Waals surface area contributed by atoms with E-state index in [9.17, 15) is 19.1 Å². The number of allylic oxidation sites excluding steroid dienone is 3. The summed E-state index contributed by atoms with van der Waals surface area (Å²) in [4.78, 5) is 28.5. The first-order valence-corrected chi connectivity index (χ1v) is 11.6. The van der Waals surface area contributed by atoms with Crippen LogP contribution in [0.4, 0.5) is 20.6 Å². The Bertz CT molecular complexity index is 1160. The van der Waals surface area contributed by atoms with E-state index in [-0.39, 0.29) is 17.6 Å². The van der Waals surface area contributed by atoms with Gasteiger partial charge in [0.25, 0.3) is 5.91 Å².